The van der Waals surface area contributed by atoms with Crippen LogP contribution in [-0.4, -0.2) is 55.2 Å². The Balaban J connectivity index is 1.80. The molecule has 0 radical (unpaired) electrons. The maximum Gasteiger partial charge on any atom is 0.308 e. The van der Waals surface area contributed by atoms with Crippen molar-refractivity contribution >= 4 is 11.9 Å². The van der Waals surface area contributed by atoms with Gasteiger partial charge in [0, 0.05) is 18.7 Å². The third kappa shape index (κ3) is 2.80. The molecule has 22 heavy (non-hydrogen) atoms. The van der Waals surface area contributed by atoms with E-state index < -0.39 is 11.9 Å². The summed E-state index contributed by atoms with van der Waals surface area (Å²) in [5.74, 6) is -1.50. The van der Waals surface area contributed by atoms with E-state index in [0.717, 1.165) is 0 Å². The zero-order valence-corrected chi connectivity index (χ0v) is 11.8. The number of likely N-dealkylation sites (tertiary alicyclic amines) is 1. The molecule has 0 aliphatic carbocycles. The van der Waals surface area contributed by atoms with Gasteiger partial charge in [0.15, 0.2) is 0 Å². The summed E-state index contributed by atoms with van der Waals surface area (Å²) in [5.41, 5.74) is 1.18. The van der Waals surface area contributed by atoms with Crippen LogP contribution in [0.4, 0.5) is 0 Å². The summed E-state index contributed by atoms with van der Waals surface area (Å²) in [4.78, 5) is 25.3. The zero-order valence-electron chi connectivity index (χ0n) is 11.8. The maximum absolute atomic E-state index is 12.6. The Morgan fingerprint density at radius 3 is 2.91 bits per heavy atom. The van der Waals surface area contributed by atoms with Gasteiger partial charge in [0.2, 0.25) is 0 Å². The van der Waals surface area contributed by atoms with Crippen LogP contribution in [0.25, 0.3) is 5.69 Å². The average Bonchev–Trinajstić information content (AvgIpc) is 3.09. The summed E-state index contributed by atoms with van der Waals surface area (Å²) >= 11 is 0. The molecule has 1 aromatic carbocycles. The molecule has 2 aromatic rings. The van der Waals surface area contributed by atoms with Crippen LogP contribution in [0.5, 0.6) is 0 Å². The topological polar surface area (TPSA) is 101 Å². The summed E-state index contributed by atoms with van der Waals surface area (Å²) in [7, 11) is 0. The lowest BCUT2D eigenvalue weighted by Gasteiger charge is -2.30. The molecule has 1 atom stereocenters. The largest absolute Gasteiger partial charge is 0.481 e. The first-order chi connectivity index (χ1) is 10.6. The standard InChI is InChI=1S/C14H15N5O3/c20-13(18-6-2-4-11(8-18)14(21)22)10-3-1-5-12(7-10)19-9-15-16-17-19/h1,3,5,7,9,11H,2,4,6,8H2,(H,21,22)/t11-/m1/s1. The fourth-order valence-corrected chi connectivity index (χ4v) is 2.61. The number of carboxylic acids is 1. The average molecular weight is 301 g/mol. The second kappa shape index (κ2) is 5.92. The van der Waals surface area contributed by atoms with Crippen LogP contribution in [-0.2, 0) is 4.79 Å². The number of hydrogen-bond donors (Lipinski definition) is 1. The second-order valence-electron chi connectivity index (χ2n) is 5.23. The molecular weight excluding hydrogens is 286 g/mol. The molecular formula is C14H15N5O3. The lowest BCUT2D eigenvalue weighted by molar-refractivity contribution is -0.143. The van der Waals surface area contributed by atoms with Crippen LogP contribution >= 0.6 is 0 Å². The van der Waals surface area contributed by atoms with Crippen LogP contribution in [0.15, 0.2) is 30.6 Å². The Kier molecular flexibility index (Phi) is 3.82. The molecule has 0 unspecified atom stereocenters. The van der Waals surface area contributed by atoms with Crippen molar-refractivity contribution in [1.82, 2.24) is 25.1 Å². The summed E-state index contributed by atoms with van der Waals surface area (Å²) in [6.45, 7) is 0.834. The van der Waals surface area contributed by atoms with Gasteiger partial charge in [0.25, 0.3) is 5.91 Å². The molecule has 0 spiro atoms. The number of carboxylic acid groups (broad SMARTS) is 1. The highest BCUT2D eigenvalue weighted by atomic mass is 16.4. The van der Waals surface area contributed by atoms with Crippen LogP contribution in [0.1, 0.15) is 23.2 Å². The number of nitrogens with zero attached hydrogens (tertiary/aromatic N) is 5. The SMILES string of the molecule is O=C(O)[C@@H]1CCCN(C(=O)c2cccc(-n3cnnn3)c2)C1. The van der Waals surface area contributed by atoms with E-state index in [9.17, 15) is 9.59 Å². The van der Waals surface area contributed by atoms with Gasteiger partial charge >= 0.3 is 5.97 Å². The minimum Gasteiger partial charge on any atom is -0.481 e. The minimum absolute atomic E-state index is 0.166. The molecule has 8 nitrogen and oxygen atoms in total. The van der Waals surface area contributed by atoms with E-state index in [-0.39, 0.29) is 12.5 Å². The smallest absolute Gasteiger partial charge is 0.308 e. The molecule has 1 fully saturated rings. The summed E-state index contributed by atoms with van der Waals surface area (Å²) in [5, 5.41) is 20.0. The first-order valence-electron chi connectivity index (χ1n) is 7.00. The number of rotatable bonds is 3. The highest BCUT2D eigenvalue weighted by Crippen LogP contribution is 2.19. The van der Waals surface area contributed by atoms with Crippen LogP contribution in [0, 0.1) is 5.92 Å². The van der Waals surface area contributed by atoms with Gasteiger partial charge in [-0.3, -0.25) is 9.59 Å². The third-order valence-corrected chi connectivity index (χ3v) is 3.76. The van der Waals surface area contributed by atoms with Gasteiger partial charge in [-0.05, 0) is 41.5 Å². The number of aromatic nitrogens is 4. The van der Waals surface area contributed by atoms with E-state index in [1.165, 1.54) is 11.0 Å². The predicted octanol–water partition coefficient (Wildman–Crippen LogP) is 0.599. The second-order valence-corrected chi connectivity index (χ2v) is 5.23. The molecule has 1 aliphatic rings. The number of hydrogen-bond acceptors (Lipinski definition) is 5. The van der Waals surface area contributed by atoms with E-state index in [2.05, 4.69) is 15.5 Å². The molecule has 1 aromatic heterocycles. The van der Waals surface area contributed by atoms with Crippen LogP contribution < -0.4 is 0 Å². The van der Waals surface area contributed by atoms with Crippen molar-refractivity contribution in [1.29, 1.82) is 0 Å². The number of benzene rings is 1. The molecule has 3 rings (SSSR count). The molecule has 1 amide bonds. The number of tetrazole rings is 1. The van der Waals surface area contributed by atoms with Crippen molar-refractivity contribution in [3.05, 3.63) is 36.2 Å². The van der Waals surface area contributed by atoms with E-state index in [0.29, 0.717) is 30.6 Å². The highest BCUT2D eigenvalue weighted by Gasteiger charge is 2.28. The maximum atomic E-state index is 12.6. The van der Waals surface area contributed by atoms with Gasteiger partial charge in [-0.15, -0.1) is 5.10 Å². The molecule has 2 heterocycles. The molecule has 0 bridgehead atoms. The lowest BCUT2D eigenvalue weighted by Crippen LogP contribution is -2.42. The summed E-state index contributed by atoms with van der Waals surface area (Å²) in [6.07, 6.45) is 2.77. The number of carbonyl (C=O) groups excluding carboxylic acids is 1. The van der Waals surface area contributed by atoms with Crippen molar-refractivity contribution in [2.24, 2.45) is 5.92 Å². The van der Waals surface area contributed by atoms with Crippen molar-refractivity contribution < 1.29 is 14.7 Å². The molecule has 1 N–H and O–H groups in total. The van der Waals surface area contributed by atoms with E-state index in [1.54, 1.807) is 29.2 Å². The van der Waals surface area contributed by atoms with Crippen molar-refractivity contribution in [2.45, 2.75) is 12.8 Å². The summed E-state index contributed by atoms with van der Waals surface area (Å²) in [6, 6.07) is 6.95. The number of amides is 1. The van der Waals surface area contributed by atoms with Gasteiger partial charge in [-0.2, -0.15) is 0 Å². The minimum atomic E-state index is -0.847. The quantitative estimate of drug-likeness (QED) is 0.890. The predicted molar refractivity (Wildman–Crippen MR) is 75.4 cm³/mol. The molecule has 1 saturated heterocycles. The summed E-state index contributed by atoms with van der Waals surface area (Å²) < 4.78 is 1.47. The Labute approximate surface area is 126 Å². The van der Waals surface area contributed by atoms with Gasteiger partial charge in [-0.25, -0.2) is 4.68 Å². The third-order valence-electron chi connectivity index (χ3n) is 3.76. The van der Waals surface area contributed by atoms with Gasteiger partial charge in [-0.1, -0.05) is 6.07 Å². The molecule has 114 valence electrons. The van der Waals surface area contributed by atoms with Crippen molar-refractivity contribution in [2.75, 3.05) is 13.1 Å². The fraction of sp³-hybridized carbons (Fsp3) is 0.357. The first kappa shape index (κ1) is 14.2. The first-order valence-corrected chi connectivity index (χ1v) is 7.00. The number of piperidine rings is 1. The van der Waals surface area contributed by atoms with Crippen molar-refractivity contribution in [3.8, 4) is 5.69 Å². The Morgan fingerprint density at radius 2 is 2.18 bits per heavy atom. The zero-order chi connectivity index (χ0) is 15.5. The Morgan fingerprint density at radius 1 is 1.32 bits per heavy atom. The van der Waals surface area contributed by atoms with Gasteiger partial charge in [0.05, 0.1) is 11.6 Å². The number of aliphatic carboxylic acids is 1. The van der Waals surface area contributed by atoms with Crippen LogP contribution in [0.3, 0.4) is 0 Å². The van der Waals surface area contributed by atoms with E-state index >= 15 is 0 Å². The number of carbonyl (C=O) groups is 2. The Bertz CT molecular complexity index is 686. The fourth-order valence-electron chi connectivity index (χ4n) is 2.61. The van der Waals surface area contributed by atoms with Crippen molar-refractivity contribution in [3.63, 3.8) is 0 Å². The molecule has 1 aliphatic heterocycles. The van der Waals surface area contributed by atoms with Gasteiger partial charge in [0.1, 0.15) is 6.33 Å². The van der Waals surface area contributed by atoms with E-state index in [1.807, 2.05) is 0 Å². The lowest BCUT2D eigenvalue weighted by atomic mass is 9.97. The van der Waals surface area contributed by atoms with Crippen LogP contribution in [0.2, 0.25) is 0 Å². The molecule has 8 heteroatoms. The Hall–Kier alpha value is -2.77. The highest BCUT2D eigenvalue weighted by molar-refractivity contribution is 5.95. The molecule has 0 saturated carbocycles. The van der Waals surface area contributed by atoms with Gasteiger partial charge < -0.3 is 10.0 Å². The van der Waals surface area contributed by atoms with E-state index in [4.69, 9.17) is 5.11 Å². The monoisotopic (exact) mass is 301 g/mol. The normalized spacial score (nSPS) is 18.2.